The Morgan fingerprint density at radius 2 is 1.67 bits per heavy atom. The van der Waals surface area contributed by atoms with E-state index in [9.17, 15) is 0 Å². The largest absolute Gasteiger partial charge is 0.394 e. The second kappa shape index (κ2) is 9.06. The Morgan fingerprint density at radius 3 is 1.87 bits per heavy atom. The van der Waals surface area contributed by atoms with E-state index in [0.29, 0.717) is 13.0 Å². The summed E-state index contributed by atoms with van der Waals surface area (Å²) in [6.45, 7) is 6.76. The minimum atomic E-state index is -1.46. The molecule has 5 heteroatoms. The molecule has 2 unspecified atom stereocenters. The second-order valence-corrected chi connectivity index (χ2v) is 3.75. The van der Waals surface area contributed by atoms with Crippen LogP contribution in [0.5, 0.6) is 0 Å². The van der Waals surface area contributed by atoms with E-state index in [0.717, 1.165) is 0 Å². The Labute approximate surface area is 91.3 Å². The van der Waals surface area contributed by atoms with Gasteiger partial charge in [-0.15, -0.1) is 0 Å². The average molecular weight is 224 g/mol. The van der Waals surface area contributed by atoms with E-state index >= 15 is 0 Å². The number of rotatable bonds is 5. The molecule has 0 aromatic rings. The lowest BCUT2D eigenvalue weighted by atomic mass is 10.3. The van der Waals surface area contributed by atoms with Gasteiger partial charge in [0.05, 0.1) is 25.4 Å². The van der Waals surface area contributed by atoms with Crippen molar-refractivity contribution in [2.75, 3.05) is 13.2 Å². The molecular weight excluding hydrogens is 200 g/mol. The zero-order valence-corrected chi connectivity index (χ0v) is 9.97. The molecule has 0 aliphatic carbocycles. The average Bonchev–Trinajstić information content (AvgIpc) is 2.14. The number of aliphatic hydroxyl groups excluding tert-OH is 2. The van der Waals surface area contributed by atoms with Crippen molar-refractivity contribution in [2.45, 2.75) is 52.1 Å². The predicted molar refractivity (Wildman–Crippen MR) is 57.3 cm³/mol. The molecule has 5 nitrogen and oxygen atoms in total. The van der Waals surface area contributed by atoms with Crippen LogP contribution in [-0.2, 0) is 4.74 Å². The summed E-state index contributed by atoms with van der Waals surface area (Å²) in [5.74, 6) is -1.46. The first-order chi connectivity index (χ1) is 6.72. The Kier molecular flexibility index (Phi) is 10.4. The Morgan fingerprint density at radius 1 is 1.27 bits per heavy atom. The quantitative estimate of drug-likeness (QED) is 0.488. The van der Waals surface area contributed by atoms with Crippen LogP contribution in [0.15, 0.2) is 0 Å². The number of hydrogen-bond acceptors (Lipinski definition) is 5. The molecule has 0 saturated heterocycles. The van der Waals surface area contributed by atoms with E-state index in [-0.39, 0.29) is 12.7 Å². The van der Waals surface area contributed by atoms with Crippen LogP contribution in [0.4, 0.5) is 0 Å². The van der Waals surface area contributed by atoms with Crippen LogP contribution in [0.2, 0.25) is 0 Å². The summed E-state index contributed by atoms with van der Waals surface area (Å²) >= 11 is 0. The van der Waals surface area contributed by atoms with Crippen LogP contribution >= 0.6 is 0 Å². The normalized spacial score (nSPS) is 15.2. The molecule has 0 amide bonds. The molecule has 0 aromatic heterocycles. The van der Waals surface area contributed by atoms with Gasteiger partial charge in [0.15, 0.2) is 5.79 Å². The highest BCUT2D eigenvalue weighted by molar-refractivity contribution is 4.48. The maximum absolute atomic E-state index is 8.69. The molecule has 0 fully saturated rings. The van der Waals surface area contributed by atoms with Crippen LogP contribution in [0.3, 0.4) is 0 Å². The number of hydrogen-bond donors (Lipinski definition) is 4. The highest BCUT2D eigenvalue weighted by atomic mass is 16.5. The van der Waals surface area contributed by atoms with E-state index in [1.54, 1.807) is 20.8 Å². The van der Waals surface area contributed by atoms with Gasteiger partial charge in [-0.05, 0) is 27.2 Å². The van der Waals surface area contributed by atoms with Gasteiger partial charge in [0.1, 0.15) is 0 Å². The molecule has 0 aliphatic rings. The fraction of sp³-hybridized carbons (Fsp3) is 1.00. The molecule has 94 valence electrons. The fourth-order valence-electron chi connectivity index (χ4n) is 0.356. The minimum Gasteiger partial charge on any atom is -0.394 e. The first kappa shape index (κ1) is 17.2. The fourth-order valence-corrected chi connectivity index (χ4v) is 0.356. The third-order valence-corrected chi connectivity index (χ3v) is 1.55. The number of aliphatic hydroxyl groups is 4. The van der Waals surface area contributed by atoms with E-state index in [2.05, 4.69) is 0 Å². The van der Waals surface area contributed by atoms with Crippen molar-refractivity contribution in [1.82, 2.24) is 0 Å². The topological polar surface area (TPSA) is 90.2 Å². The van der Waals surface area contributed by atoms with Crippen LogP contribution in [0, 0.1) is 0 Å². The molecule has 4 N–H and O–H groups in total. The summed E-state index contributed by atoms with van der Waals surface area (Å²) in [6, 6.07) is 0. The van der Waals surface area contributed by atoms with Crippen LogP contribution in [0.1, 0.15) is 34.1 Å². The molecular formula is C10H24O5. The lowest BCUT2D eigenvalue weighted by Crippen LogP contribution is -2.20. The second-order valence-electron chi connectivity index (χ2n) is 3.75. The summed E-state index contributed by atoms with van der Waals surface area (Å²) in [5, 5.41) is 33.9. The summed E-state index contributed by atoms with van der Waals surface area (Å²) in [5.41, 5.74) is 0. The first-order valence-electron chi connectivity index (χ1n) is 5.08. The first-order valence-corrected chi connectivity index (χ1v) is 5.08. The predicted octanol–water partition coefficient (Wildman–Crippen LogP) is -0.138. The molecule has 0 saturated carbocycles. The zero-order valence-electron chi connectivity index (χ0n) is 9.97. The lowest BCUT2D eigenvalue weighted by molar-refractivity contribution is -0.145. The monoisotopic (exact) mass is 224 g/mol. The molecule has 0 spiro atoms. The van der Waals surface area contributed by atoms with E-state index in [4.69, 9.17) is 25.2 Å². The van der Waals surface area contributed by atoms with Gasteiger partial charge >= 0.3 is 0 Å². The van der Waals surface area contributed by atoms with Gasteiger partial charge < -0.3 is 25.2 Å². The van der Waals surface area contributed by atoms with Gasteiger partial charge in [-0.3, -0.25) is 0 Å². The molecule has 2 atom stereocenters. The molecule has 0 bridgehead atoms. The van der Waals surface area contributed by atoms with Crippen LogP contribution < -0.4 is 0 Å². The molecule has 0 aliphatic heterocycles. The molecule has 0 rings (SSSR count). The number of ether oxygens (including phenoxy) is 1. The maximum atomic E-state index is 8.69. The van der Waals surface area contributed by atoms with Crippen molar-refractivity contribution >= 4 is 0 Å². The molecule has 0 aromatic carbocycles. The Hall–Kier alpha value is -0.200. The van der Waals surface area contributed by atoms with Crippen LogP contribution in [0.25, 0.3) is 0 Å². The van der Waals surface area contributed by atoms with Crippen molar-refractivity contribution in [1.29, 1.82) is 0 Å². The van der Waals surface area contributed by atoms with Gasteiger partial charge in [0.25, 0.3) is 0 Å². The van der Waals surface area contributed by atoms with Crippen molar-refractivity contribution in [2.24, 2.45) is 0 Å². The van der Waals surface area contributed by atoms with Crippen molar-refractivity contribution in [3.8, 4) is 0 Å². The lowest BCUT2D eigenvalue weighted by Gasteiger charge is -2.10. The molecule has 0 heterocycles. The smallest absolute Gasteiger partial charge is 0.159 e. The van der Waals surface area contributed by atoms with Crippen LogP contribution in [-0.4, -0.2) is 51.6 Å². The third-order valence-electron chi connectivity index (χ3n) is 1.55. The summed E-state index contributed by atoms with van der Waals surface area (Å²) in [4.78, 5) is 0. The standard InChI is InChI=1S/C6H14O3.C4H10O2/c1-5(8)4-9-6(2)3-7;1-3-4(2,5)6/h5-8H,3-4H2,1-2H3;5-6H,3H2,1-2H3. The van der Waals surface area contributed by atoms with E-state index in [1.165, 1.54) is 6.92 Å². The van der Waals surface area contributed by atoms with Gasteiger partial charge in [0.2, 0.25) is 0 Å². The zero-order chi connectivity index (χ0) is 12.5. The van der Waals surface area contributed by atoms with Crippen molar-refractivity contribution < 1.29 is 25.2 Å². The SMILES string of the molecule is CC(O)COC(C)CO.CCC(C)(O)O. The molecule has 0 radical (unpaired) electrons. The Balaban J connectivity index is 0. The highest BCUT2D eigenvalue weighted by Gasteiger charge is 2.08. The van der Waals surface area contributed by atoms with E-state index < -0.39 is 11.9 Å². The summed E-state index contributed by atoms with van der Waals surface area (Å²) in [7, 11) is 0. The maximum Gasteiger partial charge on any atom is 0.159 e. The Bertz CT molecular complexity index is 130. The third kappa shape index (κ3) is 20.0. The van der Waals surface area contributed by atoms with Gasteiger partial charge in [-0.25, -0.2) is 0 Å². The minimum absolute atomic E-state index is 0.00667. The van der Waals surface area contributed by atoms with Crippen molar-refractivity contribution in [3.63, 3.8) is 0 Å². The van der Waals surface area contributed by atoms with Crippen molar-refractivity contribution in [3.05, 3.63) is 0 Å². The molecule has 15 heavy (non-hydrogen) atoms. The van der Waals surface area contributed by atoms with Gasteiger partial charge in [-0.2, -0.15) is 0 Å². The summed E-state index contributed by atoms with van der Waals surface area (Å²) < 4.78 is 4.95. The van der Waals surface area contributed by atoms with E-state index in [1.807, 2.05) is 0 Å². The van der Waals surface area contributed by atoms with Gasteiger partial charge in [0, 0.05) is 0 Å². The van der Waals surface area contributed by atoms with Gasteiger partial charge in [-0.1, -0.05) is 6.92 Å². The summed E-state index contributed by atoms with van der Waals surface area (Å²) in [6.07, 6.45) is -0.230. The highest BCUT2D eigenvalue weighted by Crippen LogP contribution is 1.99.